The lowest BCUT2D eigenvalue weighted by molar-refractivity contribution is 0.203. The van der Waals surface area contributed by atoms with Crippen molar-refractivity contribution in [3.8, 4) is 5.75 Å². The number of carbonyl (C=O) groups is 1. The minimum absolute atomic E-state index is 0.433. The predicted molar refractivity (Wildman–Crippen MR) is 84.4 cm³/mol. The van der Waals surface area contributed by atoms with Crippen molar-refractivity contribution in [2.24, 2.45) is 5.92 Å². The number of benzene rings is 1. The lowest BCUT2D eigenvalue weighted by Gasteiger charge is -2.21. The molecule has 1 aliphatic rings. The second-order valence-electron chi connectivity index (χ2n) is 5.76. The van der Waals surface area contributed by atoms with E-state index in [0.717, 1.165) is 24.6 Å². The Hall–Kier alpha value is -1.55. The van der Waals surface area contributed by atoms with Gasteiger partial charge >= 0.3 is 6.09 Å². The number of carbonyl (C=O) groups excluding carboxylic acids is 1. The second-order valence-corrected chi connectivity index (χ2v) is 5.76. The van der Waals surface area contributed by atoms with E-state index in [1.54, 1.807) is 13.1 Å². The third kappa shape index (κ3) is 5.76. The van der Waals surface area contributed by atoms with E-state index in [-0.39, 0.29) is 0 Å². The minimum atomic E-state index is -0.433. The minimum Gasteiger partial charge on any atom is -0.410 e. The first kappa shape index (κ1) is 15.8. The molecule has 1 aromatic carbocycles. The van der Waals surface area contributed by atoms with Crippen LogP contribution in [0.4, 0.5) is 4.79 Å². The fourth-order valence-electron chi connectivity index (χ4n) is 2.89. The van der Waals surface area contributed by atoms with Crippen LogP contribution in [0.2, 0.25) is 0 Å². The van der Waals surface area contributed by atoms with E-state index in [1.165, 1.54) is 38.5 Å². The average molecular weight is 290 g/mol. The third-order valence-corrected chi connectivity index (χ3v) is 4.10. The molecule has 0 aliphatic heterocycles. The Morgan fingerprint density at radius 1 is 1.29 bits per heavy atom. The zero-order valence-electron chi connectivity index (χ0n) is 12.9. The lowest BCUT2D eigenvalue weighted by atomic mass is 9.87. The van der Waals surface area contributed by atoms with Gasteiger partial charge in [0.2, 0.25) is 0 Å². The van der Waals surface area contributed by atoms with E-state index >= 15 is 0 Å². The highest BCUT2D eigenvalue weighted by molar-refractivity contribution is 5.69. The Kier molecular flexibility index (Phi) is 6.54. The standard InChI is InChI=1S/C17H26N2O2/c1-18-17(20)21-16-9-5-8-15(12-16)13-19-11-10-14-6-3-2-4-7-14/h5,8-9,12,14,19H,2-4,6-7,10-11,13H2,1H3,(H,18,20). The van der Waals surface area contributed by atoms with Crippen molar-refractivity contribution in [1.82, 2.24) is 10.6 Å². The smallest absolute Gasteiger partial charge is 0.410 e. The maximum absolute atomic E-state index is 11.2. The Bertz CT molecular complexity index is 442. The number of hydrogen-bond acceptors (Lipinski definition) is 3. The fraction of sp³-hybridized carbons (Fsp3) is 0.588. The maximum atomic E-state index is 11.2. The molecule has 0 unspecified atom stereocenters. The Labute approximate surface area is 127 Å². The molecule has 1 fully saturated rings. The largest absolute Gasteiger partial charge is 0.412 e. The summed E-state index contributed by atoms with van der Waals surface area (Å²) in [5.74, 6) is 1.50. The number of hydrogen-bond donors (Lipinski definition) is 2. The van der Waals surface area contributed by atoms with Gasteiger partial charge in [0, 0.05) is 13.6 Å². The first-order valence-electron chi connectivity index (χ1n) is 7.97. The highest BCUT2D eigenvalue weighted by Crippen LogP contribution is 2.25. The summed E-state index contributed by atoms with van der Waals surface area (Å²) >= 11 is 0. The summed E-state index contributed by atoms with van der Waals surface area (Å²) < 4.78 is 5.13. The molecule has 2 rings (SSSR count). The SMILES string of the molecule is CNC(=O)Oc1cccc(CNCCC2CCCCC2)c1. The van der Waals surface area contributed by atoms with E-state index < -0.39 is 6.09 Å². The van der Waals surface area contributed by atoms with Crippen LogP contribution < -0.4 is 15.4 Å². The van der Waals surface area contributed by atoms with Gasteiger partial charge in [-0.3, -0.25) is 0 Å². The van der Waals surface area contributed by atoms with E-state index in [2.05, 4.69) is 10.6 Å². The first-order valence-corrected chi connectivity index (χ1v) is 7.97. The summed E-state index contributed by atoms with van der Waals surface area (Å²) in [5.41, 5.74) is 1.14. The van der Waals surface area contributed by atoms with Crippen LogP contribution in [-0.4, -0.2) is 19.7 Å². The molecule has 1 saturated carbocycles. The quantitative estimate of drug-likeness (QED) is 0.789. The molecule has 0 atom stereocenters. The molecule has 0 spiro atoms. The monoisotopic (exact) mass is 290 g/mol. The van der Waals surface area contributed by atoms with Crippen molar-refractivity contribution in [3.63, 3.8) is 0 Å². The van der Waals surface area contributed by atoms with Crippen molar-refractivity contribution in [2.75, 3.05) is 13.6 Å². The molecule has 4 nitrogen and oxygen atoms in total. The fourth-order valence-corrected chi connectivity index (χ4v) is 2.89. The molecule has 1 aliphatic carbocycles. The van der Waals surface area contributed by atoms with Crippen molar-refractivity contribution in [3.05, 3.63) is 29.8 Å². The van der Waals surface area contributed by atoms with Gasteiger partial charge in [-0.25, -0.2) is 4.79 Å². The van der Waals surface area contributed by atoms with E-state index in [4.69, 9.17) is 4.74 Å². The van der Waals surface area contributed by atoms with Crippen LogP contribution in [0.5, 0.6) is 5.75 Å². The maximum Gasteiger partial charge on any atom is 0.412 e. The molecule has 4 heteroatoms. The number of rotatable bonds is 6. The molecule has 2 N–H and O–H groups in total. The zero-order valence-corrected chi connectivity index (χ0v) is 12.9. The topological polar surface area (TPSA) is 50.4 Å². The van der Waals surface area contributed by atoms with Crippen LogP contribution >= 0.6 is 0 Å². The molecule has 0 saturated heterocycles. The molecular formula is C17H26N2O2. The first-order chi connectivity index (χ1) is 10.3. The van der Waals surface area contributed by atoms with Gasteiger partial charge in [0.1, 0.15) is 5.75 Å². The highest BCUT2D eigenvalue weighted by Gasteiger charge is 2.12. The summed E-state index contributed by atoms with van der Waals surface area (Å²) in [6.45, 7) is 1.88. The Morgan fingerprint density at radius 3 is 2.86 bits per heavy atom. The van der Waals surface area contributed by atoms with Gasteiger partial charge in [-0.1, -0.05) is 44.2 Å². The molecule has 21 heavy (non-hydrogen) atoms. The highest BCUT2D eigenvalue weighted by atomic mass is 16.5. The van der Waals surface area contributed by atoms with Gasteiger partial charge in [-0.05, 0) is 36.6 Å². The molecule has 0 aromatic heterocycles. The van der Waals surface area contributed by atoms with E-state index in [9.17, 15) is 4.79 Å². The zero-order chi connectivity index (χ0) is 14.9. The van der Waals surface area contributed by atoms with Crippen LogP contribution in [-0.2, 0) is 6.54 Å². The van der Waals surface area contributed by atoms with E-state index in [1.807, 2.05) is 18.2 Å². The van der Waals surface area contributed by atoms with Gasteiger partial charge in [0.05, 0.1) is 0 Å². The number of amides is 1. The summed E-state index contributed by atoms with van der Waals surface area (Å²) in [4.78, 5) is 11.2. The van der Waals surface area contributed by atoms with Crippen LogP contribution in [0.25, 0.3) is 0 Å². The van der Waals surface area contributed by atoms with Gasteiger partial charge in [0.25, 0.3) is 0 Å². The van der Waals surface area contributed by atoms with Gasteiger partial charge in [-0.2, -0.15) is 0 Å². The van der Waals surface area contributed by atoms with E-state index in [0.29, 0.717) is 5.75 Å². The van der Waals surface area contributed by atoms with Gasteiger partial charge < -0.3 is 15.4 Å². The van der Waals surface area contributed by atoms with Crippen LogP contribution in [0.1, 0.15) is 44.1 Å². The average Bonchev–Trinajstić information content (AvgIpc) is 2.53. The third-order valence-electron chi connectivity index (χ3n) is 4.10. The van der Waals surface area contributed by atoms with Crippen molar-refractivity contribution in [2.45, 2.75) is 45.1 Å². The predicted octanol–water partition coefficient (Wildman–Crippen LogP) is 3.46. The molecule has 0 heterocycles. The van der Waals surface area contributed by atoms with Crippen LogP contribution in [0.3, 0.4) is 0 Å². The summed E-state index contributed by atoms with van der Waals surface area (Å²) in [6.07, 6.45) is 7.87. The van der Waals surface area contributed by atoms with Crippen molar-refractivity contribution < 1.29 is 9.53 Å². The van der Waals surface area contributed by atoms with Crippen LogP contribution in [0, 0.1) is 5.92 Å². The lowest BCUT2D eigenvalue weighted by Crippen LogP contribution is -2.22. The molecule has 0 bridgehead atoms. The molecular weight excluding hydrogens is 264 g/mol. The second kappa shape index (κ2) is 8.67. The number of ether oxygens (including phenoxy) is 1. The van der Waals surface area contributed by atoms with Gasteiger partial charge in [0.15, 0.2) is 0 Å². The Morgan fingerprint density at radius 2 is 2.10 bits per heavy atom. The summed E-state index contributed by atoms with van der Waals surface area (Å²) in [5, 5.41) is 5.93. The normalized spacial score (nSPS) is 15.7. The molecule has 116 valence electrons. The van der Waals surface area contributed by atoms with Crippen molar-refractivity contribution >= 4 is 6.09 Å². The number of nitrogens with one attached hydrogen (secondary N) is 2. The molecule has 0 radical (unpaired) electrons. The van der Waals surface area contributed by atoms with Crippen LogP contribution in [0.15, 0.2) is 24.3 Å². The molecule has 1 aromatic rings. The summed E-state index contributed by atoms with van der Waals surface area (Å²) in [6, 6.07) is 7.66. The Balaban J connectivity index is 1.70. The molecule has 1 amide bonds. The summed E-state index contributed by atoms with van der Waals surface area (Å²) in [7, 11) is 1.55. The van der Waals surface area contributed by atoms with Crippen molar-refractivity contribution in [1.29, 1.82) is 0 Å². The van der Waals surface area contributed by atoms with Gasteiger partial charge in [-0.15, -0.1) is 0 Å².